The van der Waals surface area contributed by atoms with E-state index in [0.717, 1.165) is 6.20 Å². The summed E-state index contributed by atoms with van der Waals surface area (Å²) in [7, 11) is 0. The molecule has 0 radical (unpaired) electrons. The van der Waals surface area contributed by atoms with Gasteiger partial charge >= 0.3 is 11.7 Å². The van der Waals surface area contributed by atoms with Crippen LogP contribution in [0.25, 0.3) is 0 Å². The van der Waals surface area contributed by atoms with E-state index in [0.29, 0.717) is 4.57 Å². The Labute approximate surface area is 128 Å². The van der Waals surface area contributed by atoms with Gasteiger partial charge < -0.3 is 30.3 Å². The van der Waals surface area contributed by atoms with Crippen molar-refractivity contribution in [1.82, 2.24) is 9.55 Å². The molecule has 0 aliphatic carbocycles. The van der Waals surface area contributed by atoms with E-state index in [4.69, 9.17) is 14.9 Å². The number of aromatic nitrogens is 2. The summed E-state index contributed by atoms with van der Waals surface area (Å²) in [6, 6.07) is 0. The van der Waals surface area contributed by atoms with Crippen LogP contribution in [0.15, 0.2) is 15.8 Å². The van der Waals surface area contributed by atoms with Gasteiger partial charge in [-0.25, -0.2) is 4.79 Å². The molecular formula is C12H16N2O9. The standard InChI is InChI=1S/C12H16N2O9/c15-3-6-8(19)9(20)12(4-16,23-6)14-2-5(1-7(17)18)10(21)13-11(14)22/h2,6,8-9,15-16,19-20H,1,3-4H2,(H,17,18)(H,13,21,22)/t6-,8-,9-,12-/m1/s1. The third-order valence-corrected chi connectivity index (χ3v) is 3.69. The molecule has 0 unspecified atom stereocenters. The SMILES string of the molecule is O=C(O)Cc1cn([C@]2(CO)O[C@H](CO)[C@@H](O)[C@H]2O)c(=O)[nH]c1=O. The van der Waals surface area contributed by atoms with Gasteiger partial charge in [-0.05, 0) is 0 Å². The number of aromatic amines is 1. The highest BCUT2D eigenvalue weighted by molar-refractivity contribution is 5.69. The Hall–Kier alpha value is -2.05. The molecule has 0 aromatic carbocycles. The number of ether oxygens (including phenoxy) is 1. The van der Waals surface area contributed by atoms with Gasteiger partial charge in [-0.2, -0.15) is 0 Å². The maximum Gasteiger partial charge on any atom is 0.330 e. The molecule has 23 heavy (non-hydrogen) atoms. The summed E-state index contributed by atoms with van der Waals surface area (Å²) in [5.41, 5.74) is -4.50. The van der Waals surface area contributed by atoms with E-state index >= 15 is 0 Å². The minimum absolute atomic E-state index is 0.317. The number of aliphatic hydroxyl groups is 4. The van der Waals surface area contributed by atoms with Gasteiger partial charge in [0.1, 0.15) is 18.3 Å². The van der Waals surface area contributed by atoms with Gasteiger partial charge in [0.15, 0.2) is 0 Å². The molecule has 1 saturated heterocycles. The highest BCUT2D eigenvalue weighted by Crippen LogP contribution is 2.34. The number of aliphatic carboxylic acids is 1. The maximum absolute atomic E-state index is 12.0. The van der Waals surface area contributed by atoms with Gasteiger partial charge in [0.05, 0.1) is 19.6 Å². The molecule has 0 bridgehead atoms. The second kappa shape index (κ2) is 6.22. The quantitative estimate of drug-likeness (QED) is 0.312. The van der Waals surface area contributed by atoms with Crippen LogP contribution in [-0.2, 0) is 21.7 Å². The topological polar surface area (TPSA) is 182 Å². The average molecular weight is 332 g/mol. The Kier molecular flexibility index (Phi) is 4.68. The summed E-state index contributed by atoms with van der Waals surface area (Å²) in [5, 5.41) is 47.4. The van der Waals surface area contributed by atoms with Crippen LogP contribution in [0.5, 0.6) is 0 Å². The average Bonchev–Trinajstić information content (AvgIpc) is 2.74. The van der Waals surface area contributed by atoms with Crippen molar-refractivity contribution in [1.29, 1.82) is 0 Å². The summed E-state index contributed by atoms with van der Waals surface area (Å²) >= 11 is 0. The number of nitrogens with zero attached hydrogens (tertiary/aromatic N) is 1. The Balaban J connectivity index is 2.60. The maximum atomic E-state index is 12.0. The lowest BCUT2D eigenvalue weighted by Gasteiger charge is -2.32. The van der Waals surface area contributed by atoms with Crippen molar-refractivity contribution in [2.45, 2.75) is 30.5 Å². The Morgan fingerprint density at radius 3 is 2.48 bits per heavy atom. The van der Waals surface area contributed by atoms with E-state index in [1.807, 2.05) is 4.98 Å². The van der Waals surface area contributed by atoms with Crippen LogP contribution in [0.2, 0.25) is 0 Å². The first-order chi connectivity index (χ1) is 10.8. The molecule has 0 spiro atoms. The second-order valence-electron chi connectivity index (χ2n) is 5.13. The molecule has 1 fully saturated rings. The first-order valence-corrected chi connectivity index (χ1v) is 6.59. The summed E-state index contributed by atoms with van der Waals surface area (Å²) in [6.07, 6.45) is -4.56. The van der Waals surface area contributed by atoms with E-state index in [-0.39, 0.29) is 5.56 Å². The lowest BCUT2D eigenvalue weighted by Crippen LogP contribution is -2.54. The smallest absolute Gasteiger partial charge is 0.330 e. The van der Waals surface area contributed by atoms with Gasteiger partial charge in [-0.3, -0.25) is 19.1 Å². The van der Waals surface area contributed by atoms with Crippen molar-refractivity contribution in [3.8, 4) is 0 Å². The molecule has 1 aliphatic rings. The van der Waals surface area contributed by atoms with Crippen molar-refractivity contribution in [3.63, 3.8) is 0 Å². The zero-order chi connectivity index (χ0) is 17.4. The molecule has 2 heterocycles. The fourth-order valence-electron chi connectivity index (χ4n) is 2.50. The predicted molar refractivity (Wildman–Crippen MR) is 71.7 cm³/mol. The minimum Gasteiger partial charge on any atom is -0.481 e. The number of hydrogen-bond donors (Lipinski definition) is 6. The van der Waals surface area contributed by atoms with Crippen molar-refractivity contribution >= 4 is 5.97 Å². The van der Waals surface area contributed by atoms with Crippen molar-refractivity contribution in [2.75, 3.05) is 13.2 Å². The van der Waals surface area contributed by atoms with Crippen molar-refractivity contribution in [3.05, 3.63) is 32.6 Å². The lowest BCUT2D eigenvalue weighted by atomic mass is 10.0. The third kappa shape index (κ3) is 2.80. The molecule has 11 heteroatoms. The monoisotopic (exact) mass is 332 g/mol. The summed E-state index contributed by atoms with van der Waals surface area (Å²) < 4.78 is 5.84. The molecule has 1 aliphatic heterocycles. The molecule has 11 nitrogen and oxygen atoms in total. The van der Waals surface area contributed by atoms with Crippen molar-refractivity contribution in [2.24, 2.45) is 0 Å². The Bertz CT molecular complexity index is 711. The lowest BCUT2D eigenvalue weighted by molar-refractivity contribution is -0.174. The first kappa shape index (κ1) is 17.3. The molecule has 1 aromatic heterocycles. The van der Waals surface area contributed by atoms with Gasteiger partial charge in [-0.15, -0.1) is 0 Å². The highest BCUT2D eigenvalue weighted by Gasteiger charge is 2.55. The van der Waals surface area contributed by atoms with E-state index in [9.17, 15) is 29.7 Å². The first-order valence-electron chi connectivity index (χ1n) is 6.59. The summed E-state index contributed by atoms with van der Waals surface area (Å²) in [6.45, 7) is -1.67. The number of H-pyrrole nitrogens is 1. The van der Waals surface area contributed by atoms with Crippen LogP contribution in [-0.4, -0.2) is 72.6 Å². The normalized spacial score (nSPS) is 30.5. The van der Waals surface area contributed by atoms with Crippen LogP contribution in [0.4, 0.5) is 0 Å². The number of hydrogen-bond acceptors (Lipinski definition) is 8. The number of carboxylic acids is 1. The molecular weight excluding hydrogens is 316 g/mol. The third-order valence-electron chi connectivity index (χ3n) is 3.69. The van der Waals surface area contributed by atoms with Gasteiger partial charge in [0.25, 0.3) is 5.56 Å². The van der Waals surface area contributed by atoms with E-state index in [1.165, 1.54) is 0 Å². The largest absolute Gasteiger partial charge is 0.481 e. The fourth-order valence-corrected chi connectivity index (χ4v) is 2.50. The van der Waals surface area contributed by atoms with Crippen LogP contribution < -0.4 is 11.2 Å². The minimum atomic E-state index is -2.17. The van der Waals surface area contributed by atoms with Crippen LogP contribution >= 0.6 is 0 Å². The number of aliphatic hydroxyl groups excluding tert-OH is 4. The molecule has 128 valence electrons. The second-order valence-corrected chi connectivity index (χ2v) is 5.13. The van der Waals surface area contributed by atoms with E-state index < -0.39 is 60.9 Å². The molecule has 4 atom stereocenters. The van der Waals surface area contributed by atoms with Gasteiger partial charge in [-0.1, -0.05) is 0 Å². The van der Waals surface area contributed by atoms with Gasteiger partial charge in [0.2, 0.25) is 5.72 Å². The highest BCUT2D eigenvalue weighted by atomic mass is 16.6. The van der Waals surface area contributed by atoms with Crippen LogP contribution in [0.1, 0.15) is 5.56 Å². The summed E-state index contributed by atoms with van der Waals surface area (Å²) in [5.74, 6) is -1.33. The molecule has 6 N–H and O–H groups in total. The van der Waals surface area contributed by atoms with E-state index in [1.54, 1.807) is 0 Å². The molecule has 0 saturated carbocycles. The number of nitrogens with one attached hydrogen (secondary N) is 1. The Morgan fingerprint density at radius 1 is 1.35 bits per heavy atom. The summed E-state index contributed by atoms with van der Waals surface area (Å²) in [4.78, 5) is 36.2. The number of carboxylic acid groups (broad SMARTS) is 1. The van der Waals surface area contributed by atoms with Crippen LogP contribution in [0.3, 0.4) is 0 Å². The number of carbonyl (C=O) groups is 1. The van der Waals surface area contributed by atoms with E-state index in [2.05, 4.69) is 0 Å². The zero-order valence-corrected chi connectivity index (χ0v) is 11.7. The van der Waals surface area contributed by atoms with Crippen molar-refractivity contribution < 1.29 is 35.1 Å². The predicted octanol–water partition coefficient (Wildman–Crippen LogP) is -4.08. The van der Waals surface area contributed by atoms with Gasteiger partial charge in [0, 0.05) is 11.8 Å². The molecule has 1 aromatic rings. The fraction of sp³-hybridized carbons (Fsp3) is 0.583. The Morgan fingerprint density at radius 2 is 2.00 bits per heavy atom. The molecule has 2 rings (SSSR count). The number of rotatable bonds is 5. The zero-order valence-electron chi connectivity index (χ0n) is 11.7. The van der Waals surface area contributed by atoms with Crippen LogP contribution in [0, 0.1) is 0 Å². The molecule has 0 amide bonds.